The van der Waals surface area contributed by atoms with Gasteiger partial charge in [0.05, 0.1) is 11.7 Å². The van der Waals surface area contributed by atoms with E-state index in [2.05, 4.69) is 35.4 Å². The highest BCUT2D eigenvalue weighted by Gasteiger charge is 2.08. The molecule has 0 spiro atoms. The Labute approximate surface area is 164 Å². The number of H-pyrrole nitrogens is 2. The van der Waals surface area contributed by atoms with E-state index in [-0.39, 0.29) is 12.5 Å². The Kier molecular flexibility index (Phi) is 5.11. The lowest BCUT2D eigenvalue weighted by atomic mass is 10.2. The molecule has 28 heavy (non-hydrogen) atoms. The summed E-state index contributed by atoms with van der Waals surface area (Å²) in [6, 6.07) is 13.1. The van der Waals surface area contributed by atoms with E-state index >= 15 is 0 Å². The van der Waals surface area contributed by atoms with Gasteiger partial charge in [0, 0.05) is 22.9 Å². The van der Waals surface area contributed by atoms with Gasteiger partial charge in [0.2, 0.25) is 5.95 Å². The summed E-state index contributed by atoms with van der Waals surface area (Å²) < 4.78 is 8.03. The maximum Gasteiger partial charge on any atom is 0.267 e. The zero-order valence-corrected chi connectivity index (χ0v) is 15.7. The zero-order chi connectivity index (χ0) is 19.3. The van der Waals surface area contributed by atoms with Gasteiger partial charge >= 0.3 is 0 Å². The topological polar surface area (TPSA) is 121 Å². The SMILES string of the molecule is CSNC(=O)COc1ccc(-c2nc(Nc3ccc4[nH]ncc4c3)n[nH]2)cc1. The van der Waals surface area contributed by atoms with Crippen molar-refractivity contribution in [3.05, 3.63) is 48.7 Å². The summed E-state index contributed by atoms with van der Waals surface area (Å²) in [6.07, 6.45) is 3.54. The van der Waals surface area contributed by atoms with E-state index in [1.54, 1.807) is 24.6 Å². The molecule has 4 aromatic rings. The van der Waals surface area contributed by atoms with E-state index in [1.807, 2.05) is 30.3 Å². The molecule has 1 amide bonds. The first-order valence-electron chi connectivity index (χ1n) is 8.39. The van der Waals surface area contributed by atoms with Crippen molar-refractivity contribution >= 4 is 40.4 Å². The predicted octanol–water partition coefficient (Wildman–Crippen LogP) is 2.86. The summed E-state index contributed by atoms with van der Waals surface area (Å²) >= 11 is 1.24. The average Bonchev–Trinajstić information content (AvgIpc) is 3.36. The molecule has 0 aliphatic heterocycles. The van der Waals surface area contributed by atoms with Crippen LogP contribution >= 0.6 is 11.9 Å². The van der Waals surface area contributed by atoms with Crippen LogP contribution in [0.15, 0.2) is 48.7 Å². The Bertz CT molecular complexity index is 1090. The quantitative estimate of drug-likeness (QED) is 0.355. The minimum atomic E-state index is -0.184. The highest BCUT2D eigenvalue weighted by molar-refractivity contribution is 7.97. The first kappa shape index (κ1) is 17.9. The monoisotopic (exact) mass is 395 g/mol. The Morgan fingerprint density at radius 3 is 2.86 bits per heavy atom. The molecule has 0 bridgehead atoms. The van der Waals surface area contributed by atoms with Gasteiger partial charge in [-0.25, -0.2) is 0 Å². The van der Waals surface area contributed by atoms with Crippen molar-refractivity contribution in [1.29, 1.82) is 0 Å². The summed E-state index contributed by atoms with van der Waals surface area (Å²) in [5.74, 6) is 1.51. The fourth-order valence-electron chi connectivity index (χ4n) is 2.60. The van der Waals surface area contributed by atoms with Gasteiger partial charge in [-0.3, -0.25) is 19.7 Å². The molecule has 142 valence electrons. The average molecular weight is 395 g/mol. The number of anilines is 2. The van der Waals surface area contributed by atoms with Gasteiger partial charge in [-0.05, 0) is 42.5 Å². The third kappa shape index (κ3) is 4.07. The lowest BCUT2D eigenvalue weighted by Gasteiger charge is -2.06. The Balaban J connectivity index is 1.41. The number of aromatic nitrogens is 5. The van der Waals surface area contributed by atoms with Crippen LogP contribution in [0.25, 0.3) is 22.3 Å². The van der Waals surface area contributed by atoms with Crippen molar-refractivity contribution in [1.82, 2.24) is 30.1 Å². The van der Waals surface area contributed by atoms with Crippen molar-refractivity contribution < 1.29 is 9.53 Å². The van der Waals surface area contributed by atoms with Crippen LogP contribution in [0.1, 0.15) is 0 Å². The van der Waals surface area contributed by atoms with Crippen LogP contribution in [0.3, 0.4) is 0 Å². The number of amides is 1. The molecule has 0 fully saturated rings. The molecule has 0 aliphatic rings. The number of carbonyl (C=O) groups excluding carboxylic acids is 1. The maximum atomic E-state index is 11.4. The van der Waals surface area contributed by atoms with E-state index < -0.39 is 0 Å². The van der Waals surface area contributed by atoms with Crippen LogP contribution < -0.4 is 14.8 Å². The first-order chi connectivity index (χ1) is 13.7. The van der Waals surface area contributed by atoms with Gasteiger partial charge in [-0.15, -0.1) is 5.10 Å². The van der Waals surface area contributed by atoms with Crippen molar-refractivity contribution in [3.8, 4) is 17.1 Å². The summed E-state index contributed by atoms with van der Waals surface area (Å²) in [4.78, 5) is 15.9. The number of fused-ring (bicyclic) bond motifs is 1. The number of carbonyl (C=O) groups is 1. The second kappa shape index (κ2) is 8.01. The van der Waals surface area contributed by atoms with E-state index in [0.717, 1.165) is 22.2 Å². The highest BCUT2D eigenvalue weighted by Crippen LogP contribution is 2.23. The highest BCUT2D eigenvalue weighted by atomic mass is 32.2. The molecule has 2 aromatic carbocycles. The van der Waals surface area contributed by atoms with Gasteiger partial charge in [0.15, 0.2) is 12.4 Å². The molecular formula is C18H17N7O2S. The van der Waals surface area contributed by atoms with E-state index in [1.165, 1.54) is 11.9 Å². The molecule has 4 N–H and O–H groups in total. The van der Waals surface area contributed by atoms with Crippen LogP contribution in [0.5, 0.6) is 5.75 Å². The van der Waals surface area contributed by atoms with Gasteiger partial charge in [0.25, 0.3) is 5.91 Å². The molecule has 0 unspecified atom stereocenters. The normalized spacial score (nSPS) is 10.8. The number of benzene rings is 2. The number of ether oxygens (including phenoxy) is 1. The number of hydrogen-bond donors (Lipinski definition) is 4. The molecule has 4 rings (SSSR count). The van der Waals surface area contributed by atoms with Gasteiger partial charge < -0.3 is 10.1 Å². The maximum absolute atomic E-state index is 11.4. The van der Waals surface area contributed by atoms with Gasteiger partial charge in [-0.2, -0.15) is 10.1 Å². The van der Waals surface area contributed by atoms with Crippen molar-refractivity contribution in [2.24, 2.45) is 0 Å². The first-order valence-corrected chi connectivity index (χ1v) is 9.61. The standard InChI is InChI=1S/C18H17N7O2S/c1-28-25-16(26)10-27-14-5-2-11(3-6-14)17-21-18(24-23-17)20-13-4-7-15-12(8-13)9-19-22-15/h2-9H,10H2,1H3,(H,19,22)(H,25,26)(H2,20,21,23,24). The Morgan fingerprint density at radius 1 is 1.18 bits per heavy atom. The van der Waals surface area contributed by atoms with Gasteiger partial charge in [0.1, 0.15) is 5.75 Å². The third-order valence-electron chi connectivity index (χ3n) is 3.90. The number of rotatable bonds is 7. The molecule has 2 heterocycles. The van der Waals surface area contributed by atoms with E-state index in [0.29, 0.717) is 17.5 Å². The minimum absolute atomic E-state index is 0.0302. The Hall–Kier alpha value is -3.53. The summed E-state index contributed by atoms with van der Waals surface area (Å²) in [6.45, 7) is -0.0302. The molecule has 0 atom stereocenters. The molecule has 10 heteroatoms. The number of nitrogens with zero attached hydrogens (tertiary/aromatic N) is 3. The van der Waals surface area contributed by atoms with Gasteiger partial charge in [-0.1, -0.05) is 11.9 Å². The van der Waals surface area contributed by atoms with Crippen LogP contribution in [0.2, 0.25) is 0 Å². The van der Waals surface area contributed by atoms with Crippen molar-refractivity contribution in [3.63, 3.8) is 0 Å². The number of aromatic amines is 2. The molecule has 9 nitrogen and oxygen atoms in total. The number of nitrogens with one attached hydrogen (secondary N) is 4. The summed E-state index contributed by atoms with van der Waals surface area (Å²) in [5, 5.41) is 18.2. The largest absolute Gasteiger partial charge is 0.484 e. The van der Waals surface area contributed by atoms with Crippen LogP contribution in [0.4, 0.5) is 11.6 Å². The zero-order valence-electron chi connectivity index (χ0n) is 14.9. The van der Waals surface area contributed by atoms with E-state index in [9.17, 15) is 4.79 Å². The molecule has 0 radical (unpaired) electrons. The molecule has 2 aromatic heterocycles. The van der Waals surface area contributed by atoms with Crippen molar-refractivity contribution in [2.45, 2.75) is 0 Å². The molecule has 0 saturated carbocycles. The molecular weight excluding hydrogens is 378 g/mol. The lowest BCUT2D eigenvalue weighted by molar-refractivity contribution is -0.121. The second-order valence-electron chi connectivity index (χ2n) is 5.85. The van der Waals surface area contributed by atoms with E-state index in [4.69, 9.17) is 4.74 Å². The smallest absolute Gasteiger partial charge is 0.267 e. The lowest BCUT2D eigenvalue weighted by Crippen LogP contribution is -2.22. The fraction of sp³-hybridized carbons (Fsp3) is 0.111. The van der Waals surface area contributed by atoms with Crippen LogP contribution in [0, 0.1) is 0 Å². The van der Waals surface area contributed by atoms with Crippen LogP contribution in [-0.4, -0.2) is 44.1 Å². The summed E-state index contributed by atoms with van der Waals surface area (Å²) in [7, 11) is 0. The van der Waals surface area contributed by atoms with Crippen molar-refractivity contribution in [2.75, 3.05) is 18.2 Å². The summed E-state index contributed by atoms with van der Waals surface area (Å²) in [5.41, 5.74) is 2.69. The molecule has 0 saturated heterocycles. The number of hydrogen-bond acceptors (Lipinski definition) is 7. The predicted molar refractivity (Wildman–Crippen MR) is 108 cm³/mol. The Morgan fingerprint density at radius 2 is 2.04 bits per heavy atom. The second-order valence-corrected chi connectivity index (χ2v) is 6.46. The van der Waals surface area contributed by atoms with Crippen LogP contribution in [-0.2, 0) is 4.79 Å². The third-order valence-corrected chi connectivity index (χ3v) is 4.33. The minimum Gasteiger partial charge on any atom is -0.484 e. The molecule has 0 aliphatic carbocycles. The fourth-order valence-corrected chi connectivity index (χ4v) is 2.88.